The topological polar surface area (TPSA) is 71.8 Å². The van der Waals surface area contributed by atoms with Gasteiger partial charge in [0.05, 0.1) is 11.9 Å². The van der Waals surface area contributed by atoms with Crippen molar-refractivity contribution in [2.24, 2.45) is 5.73 Å². The summed E-state index contributed by atoms with van der Waals surface area (Å²) in [7, 11) is 0. The van der Waals surface area contributed by atoms with Crippen LogP contribution in [0.15, 0.2) is 24.3 Å². The molecule has 0 saturated carbocycles. The fourth-order valence-electron chi connectivity index (χ4n) is 1.27. The van der Waals surface area contributed by atoms with Crippen molar-refractivity contribution in [3.05, 3.63) is 30.0 Å². The summed E-state index contributed by atoms with van der Waals surface area (Å²) in [6.07, 6.45) is 0.0628. The molecule has 0 aliphatic carbocycles. The van der Waals surface area contributed by atoms with Crippen molar-refractivity contribution in [2.75, 3.05) is 0 Å². The van der Waals surface area contributed by atoms with Crippen LogP contribution in [0.4, 0.5) is 0 Å². The van der Waals surface area contributed by atoms with Crippen molar-refractivity contribution in [3.8, 4) is 11.8 Å². The lowest BCUT2D eigenvalue weighted by Crippen LogP contribution is -2.08. The molecule has 0 aliphatic heterocycles. The molecule has 4 nitrogen and oxygen atoms in total. The largest absolute Gasteiger partial charge is 0.369 e. The lowest BCUT2D eigenvalue weighted by molar-refractivity contribution is -0.117. The zero-order chi connectivity index (χ0) is 10.7. The maximum Gasteiger partial charge on any atom is 0.229 e. The molecule has 0 bridgehead atoms. The molecule has 0 unspecified atom stereocenters. The van der Waals surface area contributed by atoms with Gasteiger partial charge in [-0.15, -0.1) is 0 Å². The maximum absolute atomic E-state index is 10.5. The van der Waals surface area contributed by atoms with Gasteiger partial charge in [0.15, 0.2) is 0 Å². The van der Waals surface area contributed by atoms with Gasteiger partial charge in [-0.25, -0.2) is 0 Å². The standard InChI is InChI=1S/C11H9N3O/c12-11(15)7-3-6-10-8-4-1-2-5-9(8)13-14-10/h1-2,4-5H,7H2,(H2,12,15)(H,13,14). The number of H-pyrrole nitrogens is 1. The monoisotopic (exact) mass is 199 g/mol. The molecule has 4 heteroatoms. The summed E-state index contributed by atoms with van der Waals surface area (Å²) in [6, 6.07) is 7.64. The third-order valence-corrected chi connectivity index (χ3v) is 1.94. The number of benzene rings is 1. The van der Waals surface area contributed by atoms with Gasteiger partial charge >= 0.3 is 0 Å². The van der Waals surface area contributed by atoms with Crippen LogP contribution >= 0.6 is 0 Å². The third-order valence-electron chi connectivity index (χ3n) is 1.94. The number of primary amides is 1. The van der Waals surface area contributed by atoms with Crippen molar-refractivity contribution in [3.63, 3.8) is 0 Å². The Morgan fingerprint density at radius 1 is 1.47 bits per heavy atom. The number of para-hydroxylation sites is 1. The quantitative estimate of drug-likeness (QED) is 0.666. The van der Waals surface area contributed by atoms with Gasteiger partial charge in [-0.2, -0.15) is 5.10 Å². The van der Waals surface area contributed by atoms with Crippen molar-refractivity contribution in [1.82, 2.24) is 10.2 Å². The van der Waals surface area contributed by atoms with Crippen LogP contribution in [0.1, 0.15) is 12.1 Å². The number of fused-ring (bicyclic) bond motifs is 1. The van der Waals surface area contributed by atoms with Crippen LogP contribution in [0.5, 0.6) is 0 Å². The Balaban J connectivity index is 2.35. The van der Waals surface area contributed by atoms with E-state index >= 15 is 0 Å². The molecule has 0 aliphatic rings. The molecule has 1 aromatic heterocycles. The van der Waals surface area contributed by atoms with E-state index in [0.717, 1.165) is 10.9 Å². The fraction of sp³-hybridized carbons (Fsp3) is 0.0909. The van der Waals surface area contributed by atoms with Crippen LogP contribution in [0.2, 0.25) is 0 Å². The summed E-state index contributed by atoms with van der Waals surface area (Å²) in [5, 5.41) is 7.84. The number of carbonyl (C=O) groups excluding carboxylic acids is 1. The predicted molar refractivity (Wildman–Crippen MR) is 56.8 cm³/mol. The minimum absolute atomic E-state index is 0.0628. The van der Waals surface area contributed by atoms with Gasteiger partial charge in [-0.1, -0.05) is 18.1 Å². The van der Waals surface area contributed by atoms with Gasteiger partial charge in [0, 0.05) is 5.39 Å². The number of nitrogens with two attached hydrogens (primary N) is 1. The summed E-state index contributed by atoms with van der Waals surface area (Å²) in [6.45, 7) is 0. The van der Waals surface area contributed by atoms with Gasteiger partial charge in [0.1, 0.15) is 5.69 Å². The Morgan fingerprint density at radius 2 is 2.27 bits per heavy atom. The molecule has 3 N–H and O–H groups in total. The molecule has 1 amide bonds. The van der Waals surface area contributed by atoms with Crippen molar-refractivity contribution < 1.29 is 4.79 Å². The van der Waals surface area contributed by atoms with E-state index in [1.165, 1.54) is 0 Å². The smallest absolute Gasteiger partial charge is 0.229 e. The number of nitrogens with zero attached hydrogens (tertiary/aromatic N) is 1. The average molecular weight is 199 g/mol. The number of hydrogen-bond acceptors (Lipinski definition) is 2. The van der Waals surface area contributed by atoms with Gasteiger partial charge in [0.25, 0.3) is 0 Å². The van der Waals surface area contributed by atoms with Crippen LogP contribution in [0, 0.1) is 11.8 Å². The van der Waals surface area contributed by atoms with E-state index in [9.17, 15) is 4.79 Å². The lowest BCUT2D eigenvalue weighted by atomic mass is 10.2. The summed E-state index contributed by atoms with van der Waals surface area (Å²) in [5.74, 6) is 5.09. The summed E-state index contributed by atoms with van der Waals surface area (Å²) < 4.78 is 0. The highest BCUT2D eigenvalue weighted by Crippen LogP contribution is 2.13. The summed E-state index contributed by atoms with van der Waals surface area (Å²) in [5.41, 5.74) is 6.55. The number of aromatic nitrogens is 2. The molecule has 2 rings (SSSR count). The first-order valence-corrected chi connectivity index (χ1v) is 4.47. The highest BCUT2D eigenvalue weighted by Gasteiger charge is 2.00. The predicted octanol–water partition coefficient (Wildman–Crippen LogP) is 0.790. The number of aromatic amines is 1. The minimum atomic E-state index is -0.425. The van der Waals surface area contributed by atoms with E-state index in [1.54, 1.807) is 0 Å². The molecule has 0 atom stereocenters. The first kappa shape index (κ1) is 9.28. The molecule has 0 spiro atoms. The molecule has 1 heterocycles. The van der Waals surface area contributed by atoms with E-state index in [0.29, 0.717) is 5.69 Å². The van der Waals surface area contributed by atoms with Gasteiger partial charge in [0.2, 0.25) is 5.91 Å². The molecule has 0 radical (unpaired) electrons. The Morgan fingerprint density at radius 3 is 3.07 bits per heavy atom. The van der Waals surface area contributed by atoms with Crippen molar-refractivity contribution >= 4 is 16.8 Å². The minimum Gasteiger partial charge on any atom is -0.369 e. The van der Waals surface area contributed by atoms with Crippen LogP contribution in [0.25, 0.3) is 10.9 Å². The first-order valence-electron chi connectivity index (χ1n) is 4.47. The van der Waals surface area contributed by atoms with E-state index < -0.39 is 5.91 Å². The highest BCUT2D eigenvalue weighted by molar-refractivity contribution is 5.84. The average Bonchev–Trinajstić information content (AvgIpc) is 2.62. The Labute approximate surface area is 86.5 Å². The van der Waals surface area contributed by atoms with Crippen LogP contribution in [-0.2, 0) is 4.79 Å². The third kappa shape index (κ3) is 1.97. The number of amides is 1. The molecule has 15 heavy (non-hydrogen) atoms. The van der Waals surface area contributed by atoms with Crippen LogP contribution in [-0.4, -0.2) is 16.1 Å². The number of nitrogens with one attached hydrogen (secondary N) is 1. The molecule has 1 aromatic carbocycles. The molecule has 0 saturated heterocycles. The summed E-state index contributed by atoms with van der Waals surface area (Å²) >= 11 is 0. The van der Waals surface area contributed by atoms with E-state index in [4.69, 9.17) is 5.73 Å². The Hall–Kier alpha value is -2.28. The molecule has 0 fully saturated rings. The van der Waals surface area contributed by atoms with Crippen LogP contribution < -0.4 is 5.73 Å². The number of rotatable bonds is 1. The van der Waals surface area contributed by atoms with Gasteiger partial charge in [-0.05, 0) is 18.1 Å². The maximum atomic E-state index is 10.5. The zero-order valence-electron chi connectivity index (χ0n) is 7.95. The second kappa shape index (κ2) is 3.84. The van der Waals surface area contributed by atoms with Gasteiger partial charge < -0.3 is 5.73 Å². The molecule has 2 aromatic rings. The first-order chi connectivity index (χ1) is 7.27. The number of hydrogen-bond donors (Lipinski definition) is 2. The van der Waals surface area contributed by atoms with Crippen molar-refractivity contribution in [1.29, 1.82) is 0 Å². The molecular formula is C11H9N3O. The zero-order valence-corrected chi connectivity index (χ0v) is 7.95. The lowest BCUT2D eigenvalue weighted by Gasteiger charge is -1.85. The second-order valence-corrected chi connectivity index (χ2v) is 3.06. The van der Waals surface area contributed by atoms with E-state index in [-0.39, 0.29) is 6.42 Å². The molecular weight excluding hydrogens is 190 g/mol. The second-order valence-electron chi connectivity index (χ2n) is 3.06. The number of carbonyl (C=O) groups is 1. The Bertz CT molecular complexity index is 560. The highest BCUT2D eigenvalue weighted by atomic mass is 16.1. The normalized spacial score (nSPS) is 9.60. The van der Waals surface area contributed by atoms with E-state index in [1.807, 2.05) is 24.3 Å². The van der Waals surface area contributed by atoms with E-state index in [2.05, 4.69) is 22.0 Å². The summed E-state index contributed by atoms with van der Waals surface area (Å²) in [4.78, 5) is 10.5. The SMILES string of the molecule is NC(=O)CC#Cc1[nH]nc2ccccc12. The van der Waals surface area contributed by atoms with Gasteiger partial charge in [-0.3, -0.25) is 9.89 Å². The Kier molecular flexibility index (Phi) is 2.38. The van der Waals surface area contributed by atoms with Crippen LogP contribution in [0.3, 0.4) is 0 Å². The van der Waals surface area contributed by atoms with Crippen molar-refractivity contribution in [2.45, 2.75) is 6.42 Å². The fourth-order valence-corrected chi connectivity index (χ4v) is 1.27. The molecule has 74 valence electrons.